The van der Waals surface area contributed by atoms with Gasteiger partial charge in [-0.3, -0.25) is 13.7 Å². The van der Waals surface area contributed by atoms with E-state index in [9.17, 15) is 34.4 Å². The van der Waals surface area contributed by atoms with E-state index >= 15 is 0 Å². The first-order valence-corrected chi connectivity index (χ1v) is 16.3. The van der Waals surface area contributed by atoms with Crippen LogP contribution in [0.1, 0.15) is 0 Å². The van der Waals surface area contributed by atoms with E-state index < -0.39 is 30.4 Å². The zero-order chi connectivity index (χ0) is 31.2. The second kappa shape index (κ2) is 10.9. The van der Waals surface area contributed by atoms with Crippen molar-refractivity contribution in [2.75, 3.05) is 16.6 Å². The Bertz CT molecular complexity index is 2270. The highest BCUT2D eigenvalue weighted by atomic mass is 32.2. The second-order valence-electron chi connectivity index (χ2n) is 9.12. The molecular formula is C26H21N5O9S3. The maximum Gasteiger partial charge on any atom is 0.294 e. The standard InChI is InChI=1S/C26H21N5O9S3/c27-23-9-10-24(19-7-5-17(13-21(19)23)42(35,36)37)30-31-25-11-12-26(22-14-18(43(38,39)40)6-8-20(22)25)29-28-15-1-3-16(4-2-15)41(32,33)34/h1-14,28-29H,27H2,(H,32,33,34)(H,35,36,37)(H,38,39,40). The second-order valence-corrected chi connectivity index (χ2v) is 13.4. The van der Waals surface area contributed by atoms with Crippen LogP contribution in [0, 0.1) is 0 Å². The third-order valence-corrected chi connectivity index (χ3v) is 8.89. The SMILES string of the molecule is Nc1ccc(N=Nc2ccc(NNc3ccc(S(=O)(=O)O)cc3)c3cc(S(=O)(=O)O)ccc23)c2ccc(S(=O)(=O)O)cc12. The van der Waals surface area contributed by atoms with Gasteiger partial charge in [-0.15, -0.1) is 10.2 Å². The minimum absolute atomic E-state index is 0.248. The summed E-state index contributed by atoms with van der Waals surface area (Å²) >= 11 is 0. The molecule has 7 N–H and O–H groups in total. The average Bonchev–Trinajstić information content (AvgIpc) is 2.94. The van der Waals surface area contributed by atoms with Gasteiger partial charge in [0, 0.05) is 27.2 Å². The van der Waals surface area contributed by atoms with Crippen LogP contribution in [0.25, 0.3) is 21.5 Å². The summed E-state index contributed by atoms with van der Waals surface area (Å²) in [5.74, 6) is 0. The molecule has 14 nitrogen and oxygen atoms in total. The van der Waals surface area contributed by atoms with Crippen molar-refractivity contribution < 1.29 is 38.9 Å². The molecule has 0 radical (unpaired) electrons. The van der Waals surface area contributed by atoms with E-state index in [1.54, 1.807) is 18.2 Å². The smallest absolute Gasteiger partial charge is 0.294 e. The maximum absolute atomic E-state index is 11.9. The van der Waals surface area contributed by atoms with E-state index in [0.29, 0.717) is 44.3 Å². The van der Waals surface area contributed by atoms with Crippen LogP contribution in [0.5, 0.6) is 0 Å². The Hall–Kier alpha value is -4.65. The highest BCUT2D eigenvalue weighted by Gasteiger charge is 2.16. The van der Waals surface area contributed by atoms with Crippen LogP contribution in [0.3, 0.4) is 0 Å². The van der Waals surface area contributed by atoms with Crippen LogP contribution >= 0.6 is 0 Å². The van der Waals surface area contributed by atoms with Crippen molar-refractivity contribution in [1.82, 2.24) is 0 Å². The van der Waals surface area contributed by atoms with Gasteiger partial charge in [-0.25, -0.2) is 0 Å². The predicted octanol–water partition coefficient (Wildman–Crippen LogP) is 5.17. The topological polar surface area (TPSA) is 238 Å². The summed E-state index contributed by atoms with van der Waals surface area (Å²) in [4.78, 5) is -1.02. The fraction of sp³-hybridized carbons (Fsp3) is 0. The number of nitrogens with zero attached hydrogens (tertiary/aromatic N) is 2. The Morgan fingerprint density at radius 1 is 0.512 bits per heavy atom. The quantitative estimate of drug-likeness (QED) is 0.0556. The molecule has 0 heterocycles. The molecule has 0 fully saturated rings. The molecule has 0 aliphatic rings. The van der Waals surface area contributed by atoms with Gasteiger partial charge in [0.15, 0.2) is 0 Å². The highest BCUT2D eigenvalue weighted by molar-refractivity contribution is 7.86. The number of nitrogens with two attached hydrogens (primary N) is 1. The normalized spacial score (nSPS) is 12.6. The molecule has 5 aromatic rings. The molecule has 5 rings (SSSR count). The van der Waals surface area contributed by atoms with Crippen LogP contribution in [0.2, 0.25) is 0 Å². The summed E-state index contributed by atoms with van der Waals surface area (Å²) in [5, 5.41) is 10.1. The van der Waals surface area contributed by atoms with Gasteiger partial charge in [0.05, 0.1) is 37.4 Å². The van der Waals surface area contributed by atoms with Crippen molar-refractivity contribution in [3.8, 4) is 0 Å². The molecule has 0 amide bonds. The van der Waals surface area contributed by atoms with E-state index in [2.05, 4.69) is 21.1 Å². The molecule has 0 saturated heterocycles. The fourth-order valence-electron chi connectivity index (χ4n) is 4.21. The minimum atomic E-state index is -4.56. The molecule has 0 spiro atoms. The summed E-state index contributed by atoms with van der Waals surface area (Å²) < 4.78 is 97.6. The largest absolute Gasteiger partial charge is 0.398 e. The van der Waals surface area contributed by atoms with E-state index in [1.165, 1.54) is 66.7 Å². The van der Waals surface area contributed by atoms with Crippen molar-refractivity contribution in [3.05, 3.63) is 84.9 Å². The van der Waals surface area contributed by atoms with Gasteiger partial charge in [0.1, 0.15) is 0 Å². The summed E-state index contributed by atoms with van der Waals surface area (Å²) in [7, 11) is -13.4. The first kappa shape index (κ1) is 29.8. The lowest BCUT2D eigenvalue weighted by Gasteiger charge is -2.14. The number of benzene rings is 5. The number of fused-ring (bicyclic) bond motifs is 2. The number of rotatable bonds is 8. The van der Waals surface area contributed by atoms with Gasteiger partial charge < -0.3 is 16.6 Å². The number of anilines is 3. The molecule has 0 unspecified atom stereocenters. The van der Waals surface area contributed by atoms with Crippen LogP contribution < -0.4 is 16.6 Å². The summed E-state index contributed by atoms with van der Waals surface area (Å²) in [6.45, 7) is 0. The average molecular weight is 644 g/mol. The lowest BCUT2D eigenvalue weighted by molar-refractivity contribution is 0.481. The van der Waals surface area contributed by atoms with Gasteiger partial charge >= 0.3 is 0 Å². The van der Waals surface area contributed by atoms with Crippen molar-refractivity contribution in [3.63, 3.8) is 0 Å². The third-order valence-electron chi connectivity index (χ3n) is 6.32. The molecule has 0 atom stereocenters. The maximum atomic E-state index is 11.9. The van der Waals surface area contributed by atoms with Gasteiger partial charge in [-0.05, 0) is 72.8 Å². The molecule has 5 aromatic carbocycles. The van der Waals surface area contributed by atoms with Gasteiger partial charge in [0.2, 0.25) is 0 Å². The summed E-state index contributed by atoms with van der Waals surface area (Å²) in [6.07, 6.45) is 0. The Labute approximate surface area is 245 Å². The van der Waals surface area contributed by atoms with Crippen molar-refractivity contribution in [2.45, 2.75) is 14.7 Å². The van der Waals surface area contributed by atoms with E-state index in [-0.39, 0.29) is 20.4 Å². The highest BCUT2D eigenvalue weighted by Crippen LogP contribution is 2.37. The Morgan fingerprint density at radius 3 is 1.51 bits per heavy atom. The lowest BCUT2D eigenvalue weighted by atomic mass is 10.1. The van der Waals surface area contributed by atoms with Crippen LogP contribution in [0.4, 0.5) is 28.4 Å². The minimum Gasteiger partial charge on any atom is -0.398 e. The van der Waals surface area contributed by atoms with Crippen molar-refractivity contribution in [2.24, 2.45) is 10.2 Å². The molecule has 0 aromatic heterocycles. The molecule has 0 saturated carbocycles. The summed E-state index contributed by atoms with van der Waals surface area (Å²) in [6, 6.07) is 19.1. The first-order valence-electron chi connectivity index (χ1n) is 12.0. The van der Waals surface area contributed by atoms with E-state index in [4.69, 9.17) is 10.3 Å². The molecule has 0 aliphatic carbocycles. The lowest BCUT2D eigenvalue weighted by Crippen LogP contribution is -2.09. The number of hydrogen-bond donors (Lipinski definition) is 6. The molecule has 0 aliphatic heterocycles. The van der Waals surface area contributed by atoms with E-state index in [0.717, 1.165) is 0 Å². The first-order chi connectivity index (χ1) is 20.1. The fourth-order valence-corrected chi connectivity index (χ4v) is 5.70. The number of nitrogens with one attached hydrogen (secondary N) is 2. The zero-order valence-electron chi connectivity index (χ0n) is 21.6. The summed E-state index contributed by atoms with van der Waals surface area (Å²) in [5.41, 5.74) is 13.4. The number of azo groups is 1. The predicted molar refractivity (Wildman–Crippen MR) is 160 cm³/mol. The monoisotopic (exact) mass is 643 g/mol. The van der Waals surface area contributed by atoms with Gasteiger partial charge in [-0.2, -0.15) is 25.3 Å². The third kappa shape index (κ3) is 6.41. The van der Waals surface area contributed by atoms with Crippen LogP contribution in [-0.2, 0) is 30.4 Å². The van der Waals surface area contributed by atoms with Crippen LogP contribution in [0.15, 0.2) is 110 Å². The molecule has 222 valence electrons. The Balaban J connectivity index is 1.54. The Kier molecular flexibility index (Phi) is 7.55. The number of hydrogen-bond acceptors (Lipinski definition) is 11. The van der Waals surface area contributed by atoms with Gasteiger partial charge in [-0.1, -0.05) is 12.1 Å². The molecule has 43 heavy (non-hydrogen) atoms. The molecular weight excluding hydrogens is 623 g/mol. The number of nitrogen functional groups attached to an aromatic ring is 1. The molecule has 17 heteroatoms. The van der Waals surface area contributed by atoms with Crippen molar-refractivity contribution >= 4 is 80.3 Å². The zero-order valence-corrected chi connectivity index (χ0v) is 24.0. The molecule has 0 bridgehead atoms. The Morgan fingerprint density at radius 2 is 0.977 bits per heavy atom. The van der Waals surface area contributed by atoms with Gasteiger partial charge in [0.25, 0.3) is 30.4 Å². The number of hydrazine groups is 1. The van der Waals surface area contributed by atoms with Crippen LogP contribution in [-0.4, -0.2) is 38.9 Å². The van der Waals surface area contributed by atoms with Crippen molar-refractivity contribution in [1.29, 1.82) is 0 Å². The van der Waals surface area contributed by atoms with E-state index in [1.807, 2.05) is 0 Å².